The highest BCUT2D eigenvalue weighted by atomic mass is 35.6. The van der Waals surface area contributed by atoms with Gasteiger partial charge in [0.15, 0.2) is 5.58 Å². The predicted molar refractivity (Wildman–Crippen MR) is 58.3 cm³/mol. The SMILES string of the molecule is Clc1ccc2oc(C(Cl)(Cl)Cl)nc2c1. The second kappa shape index (κ2) is 3.46. The zero-order valence-electron chi connectivity index (χ0n) is 6.60. The van der Waals surface area contributed by atoms with Crippen molar-refractivity contribution in [3.8, 4) is 0 Å². The number of halogens is 4. The molecule has 1 aromatic carbocycles. The molecule has 2 nitrogen and oxygen atoms in total. The van der Waals surface area contributed by atoms with Crippen molar-refractivity contribution in [1.82, 2.24) is 4.98 Å². The highest BCUT2D eigenvalue weighted by Crippen LogP contribution is 2.39. The lowest BCUT2D eigenvalue weighted by atomic mass is 10.3. The van der Waals surface area contributed by atoms with Crippen LogP contribution in [0.1, 0.15) is 5.89 Å². The molecule has 1 heterocycles. The maximum atomic E-state index is 5.76. The van der Waals surface area contributed by atoms with E-state index in [1.165, 1.54) is 0 Å². The summed E-state index contributed by atoms with van der Waals surface area (Å²) in [5.74, 6) is 0.0415. The number of alkyl halides is 3. The molecule has 0 spiro atoms. The Morgan fingerprint density at radius 1 is 1.21 bits per heavy atom. The number of benzene rings is 1. The fourth-order valence-electron chi connectivity index (χ4n) is 1.02. The number of hydrogen-bond acceptors (Lipinski definition) is 2. The number of oxazole rings is 1. The molecular formula is C8H3Cl4NO. The Kier molecular flexibility index (Phi) is 2.56. The molecule has 0 saturated heterocycles. The van der Waals surface area contributed by atoms with Crippen molar-refractivity contribution in [2.75, 3.05) is 0 Å². The molecule has 6 heteroatoms. The lowest BCUT2D eigenvalue weighted by molar-refractivity contribution is 0.540. The first-order valence-electron chi connectivity index (χ1n) is 3.60. The van der Waals surface area contributed by atoms with Crippen LogP contribution in [0.15, 0.2) is 22.6 Å². The Balaban J connectivity index is 2.63. The van der Waals surface area contributed by atoms with E-state index in [0.29, 0.717) is 16.1 Å². The molecule has 2 aromatic rings. The number of nitrogens with zero attached hydrogens (tertiary/aromatic N) is 1. The monoisotopic (exact) mass is 269 g/mol. The van der Waals surface area contributed by atoms with E-state index in [-0.39, 0.29) is 5.89 Å². The van der Waals surface area contributed by atoms with E-state index in [0.717, 1.165) is 0 Å². The molecule has 0 amide bonds. The highest BCUT2D eigenvalue weighted by molar-refractivity contribution is 6.66. The standard InChI is InChI=1S/C8H3Cl4NO/c9-4-1-2-6-5(3-4)13-7(14-6)8(10,11)12/h1-3H. The van der Waals surface area contributed by atoms with E-state index >= 15 is 0 Å². The molecule has 0 saturated carbocycles. The normalized spacial score (nSPS) is 12.3. The van der Waals surface area contributed by atoms with Gasteiger partial charge in [-0.25, -0.2) is 4.98 Å². The van der Waals surface area contributed by atoms with Gasteiger partial charge >= 0.3 is 0 Å². The molecule has 0 bridgehead atoms. The zero-order valence-corrected chi connectivity index (χ0v) is 9.62. The van der Waals surface area contributed by atoms with E-state index < -0.39 is 3.79 Å². The van der Waals surface area contributed by atoms with Crippen LogP contribution in [-0.4, -0.2) is 4.98 Å². The van der Waals surface area contributed by atoms with Gasteiger partial charge in [0, 0.05) is 5.02 Å². The Morgan fingerprint density at radius 2 is 1.93 bits per heavy atom. The molecule has 0 aliphatic heterocycles. The van der Waals surface area contributed by atoms with E-state index in [2.05, 4.69) is 4.98 Å². The summed E-state index contributed by atoms with van der Waals surface area (Å²) in [4.78, 5) is 4.00. The molecule has 0 aliphatic carbocycles. The third-order valence-electron chi connectivity index (χ3n) is 1.59. The van der Waals surface area contributed by atoms with Gasteiger partial charge < -0.3 is 4.42 Å². The van der Waals surface area contributed by atoms with Gasteiger partial charge in [0.2, 0.25) is 5.89 Å². The van der Waals surface area contributed by atoms with Crippen LogP contribution in [-0.2, 0) is 3.79 Å². The second-order valence-electron chi connectivity index (χ2n) is 2.63. The molecule has 0 aliphatic rings. The minimum absolute atomic E-state index is 0.0415. The highest BCUT2D eigenvalue weighted by Gasteiger charge is 2.29. The summed E-state index contributed by atoms with van der Waals surface area (Å²) in [6.07, 6.45) is 0. The number of hydrogen-bond donors (Lipinski definition) is 0. The second-order valence-corrected chi connectivity index (χ2v) is 5.35. The van der Waals surface area contributed by atoms with Gasteiger partial charge in [0.05, 0.1) is 0 Å². The number of aromatic nitrogens is 1. The Hall–Kier alpha value is -0.150. The third-order valence-corrected chi connectivity index (χ3v) is 2.31. The van der Waals surface area contributed by atoms with Crippen molar-refractivity contribution < 1.29 is 4.42 Å². The Labute approximate surface area is 99.7 Å². The summed E-state index contributed by atoms with van der Waals surface area (Å²) in [6.45, 7) is 0. The van der Waals surface area contributed by atoms with Crippen molar-refractivity contribution in [3.05, 3.63) is 29.1 Å². The molecule has 1 aromatic heterocycles. The molecular weight excluding hydrogens is 268 g/mol. The van der Waals surface area contributed by atoms with Crippen molar-refractivity contribution in [2.45, 2.75) is 3.79 Å². The molecule has 0 fully saturated rings. The number of fused-ring (bicyclic) bond motifs is 1. The smallest absolute Gasteiger partial charge is 0.266 e. The quantitative estimate of drug-likeness (QED) is 0.667. The summed E-state index contributed by atoms with van der Waals surface area (Å²) in [6, 6.07) is 4.99. The van der Waals surface area contributed by atoms with E-state index in [1.54, 1.807) is 18.2 Å². The minimum Gasteiger partial charge on any atom is -0.436 e. The fourth-order valence-corrected chi connectivity index (χ4v) is 1.43. The summed E-state index contributed by atoms with van der Waals surface area (Å²) in [7, 11) is 0. The maximum Gasteiger partial charge on any atom is 0.266 e. The van der Waals surface area contributed by atoms with Gasteiger partial charge in [-0.05, 0) is 18.2 Å². The van der Waals surface area contributed by atoms with E-state index in [1.807, 2.05) is 0 Å². The van der Waals surface area contributed by atoms with Crippen molar-refractivity contribution in [3.63, 3.8) is 0 Å². The first-order valence-corrected chi connectivity index (χ1v) is 5.11. The van der Waals surface area contributed by atoms with Crippen molar-refractivity contribution in [1.29, 1.82) is 0 Å². The van der Waals surface area contributed by atoms with Gasteiger partial charge in [-0.1, -0.05) is 46.4 Å². The maximum absolute atomic E-state index is 5.76. The van der Waals surface area contributed by atoms with E-state index in [9.17, 15) is 0 Å². The third kappa shape index (κ3) is 1.94. The van der Waals surface area contributed by atoms with Crippen LogP contribution in [0.4, 0.5) is 0 Å². The molecule has 0 radical (unpaired) electrons. The summed E-state index contributed by atoms with van der Waals surface area (Å²) >= 11 is 22.6. The topological polar surface area (TPSA) is 26.0 Å². The lowest BCUT2D eigenvalue weighted by Crippen LogP contribution is -1.99. The van der Waals surface area contributed by atoms with Crippen LogP contribution in [0.5, 0.6) is 0 Å². The zero-order chi connectivity index (χ0) is 10.3. The van der Waals surface area contributed by atoms with Crippen LogP contribution in [0.3, 0.4) is 0 Å². The minimum atomic E-state index is -1.65. The molecule has 14 heavy (non-hydrogen) atoms. The van der Waals surface area contributed by atoms with Crippen LogP contribution in [0, 0.1) is 0 Å². The first-order chi connectivity index (χ1) is 6.47. The first kappa shape index (κ1) is 10.4. The van der Waals surface area contributed by atoms with Gasteiger partial charge in [-0.2, -0.15) is 0 Å². The molecule has 0 unspecified atom stereocenters. The fraction of sp³-hybridized carbons (Fsp3) is 0.125. The lowest BCUT2D eigenvalue weighted by Gasteiger charge is -2.02. The van der Waals surface area contributed by atoms with Gasteiger partial charge in [-0.3, -0.25) is 0 Å². The van der Waals surface area contributed by atoms with Crippen LogP contribution in [0.25, 0.3) is 11.1 Å². The average molecular weight is 271 g/mol. The van der Waals surface area contributed by atoms with Crippen molar-refractivity contribution in [2.24, 2.45) is 0 Å². The molecule has 0 atom stereocenters. The van der Waals surface area contributed by atoms with Gasteiger partial charge in [0.1, 0.15) is 5.52 Å². The van der Waals surface area contributed by atoms with Gasteiger partial charge in [0.25, 0.3) is 3.79 Å². The Morgan fingerprint density at radius 3 is 2.57 bits per heavy atom. The Bertz CT molecular complexity index is 474. The number of rotatable bonds is 0. The summed E-state index contributed by atoms with van der Waals surface area (Å²) in [5, 5.41) is 0.557. The average Bonchev–Trinajstić information content (AvgIpc) is 2.45. The molecule has 74 valence electrons. The predicted octanol–water partition coefficient (Wildman–Crippen LogP) is 4.31. The molecule has 2 rings (SSSR count). The largest absolute Gasteiger partial charge is 0.436 e. The van der Waals surface area contributed by atoms with Gasteiger partial charge in [-0.15, -0.1) is 0 Å². The summed E-state index contributed by atoms with van der Waals surface area (Å²) < 4.78 is 3.57. The van der Waals surface area contributed by atoms with Crippen molar-refractivity contribution >= 4 is 57.5 Å². The van der Waals surface area contributed by atoms with E-state index in [4.69, 9.17) is 50.8 Å². The van der Waals surface area contributed by atoms with Crippen LogP contribution in [0.2, 0.25) is 5.02 Å². The summed E-state index contributed by atoms with van der Waals surface area (Å²) in [5.41, 5.74) is 1.11. The van der Waals surface area contributed by atoms with Crippen LogP contribution >= 0.6 is 46.4 Å². The van der Waals surface area contributed by atoms with Crippen LogP contribution < -0.4 is 0 Å². The molecule has 0 N–H and O–H groups in total.